The topological polar surface area (TPSA) is 159 Å². The maximum Gasteiger partial charge on any atom is 1.00 e. The third-order valence-corrected chi connectivity index (χ3v) is 13.5. The summed E-state index contributed by atoms with van der Waals surface area (Å²) < 4.78 is 41.5. The molecule has 12 nitrogen and oxygen atoms in total. The van der Waals surface area contributed by atoms with Crippen LogP contribution in [0.5, 0.6) is 11.5 Å². The summed E-state index contributed by atoms with van der Waals surface area (Å²) in [5.74, 6) is -1.85. The summed E-state index contributed by atoms with van der Waals surface area (Å²) in [4.78, 5) is 53.4. The van der Waals surface area contributed by atoms with E-state index in [1.165, 1.54) is 11.3 Å². The van der Waals surface area contributed by atoms with Gasteiger partial charge in [0.1, 0.15) is 28.3 Å². The molecule has 3 heterocycles. The molecule has 1 aromatic carbocycles. The van der Waals surface area contributed by atoms with Gasteiger partial charge < -0.3 is 29.2 Å². The molecule has 3 aliphatic carbocycles. The molecule has 3 saturated carbocycles. The van der Waals surface area contributed by atoms with E-state index in [9.17, 15) is 22.8 Å². The van der Waals surface area contributed by atoms with E-state index in [-0.39, 0.29) is 66.6 Å². The van der Waals surface area contributed by atoms with Crippen molar-refractivity contribution in [2.45, 2.75) is 94.9 Å². The quantitative estimate of drug-likeness (QED) is 0.269. The number of carbonyl (C=O) groups excluding carboxylic acids is 3. The Hall–Kier alpha value is -3.04. The monoisotopic (exact) mass is 771 g/mol. The largest absolute Gasteiger partial charge is 1.00 e. The molecular formula is C38H46N5NaO7S2. The summed E-state index contributed by atoms with van der Waals surface area (Å²) in [5.41, 5.74) is 1.73. The number of carbonyl (C=O) groups is 3. The zero-order valence-corrected chi connectivity index (χ0v) is 34.9. The fourth-order valence-electron chi connectivity index (χ4n) is 7.48. The first kappa shape index (κ1) is 39.6. The van der Waals surface area contributed by atoms with Gasteiger partial charge in [-0.25, -0.2) is 18.4 Å². The van der Waals surface area contributed by atoms with Crippen LogP contribution in [0.15, 0.2) is 35.7 Å². The number of thiazole rings is 1. The Bertz CT molecular complexity index is 2050. The second-order valence-electron chi connectivity index (χ2n) is 15.0. The van der Waals surface area contributed by atoms with E-state index in [1.54, 1.807) is 19.1 Å². The number of nitrogens with one attached hydrogen (secondary N) is 1. The van der Waals surface area contributed by atoms with Crippen LogP contribution >= 0.6 is 11.3 Å². The predicted molar refractivity (Wildman–Crippen MR) is 199 cm³/mol. The van der Waals surface area contributed by atoms with Crippen LogP contribution in [0.1, 0.15) is 82.4 Å². The average molecular weight is 772 g/mol. The number of nitrogens with zero attached hydrogens (tertiary/aromatic N) is 4. The maximum atomic E-state index is 14.3. The molecule has 278 valence electrons. The number of ether oxygens (including phenoxy) is 2. The summed E-state index contributed by atoms with van der Waals surface area (Å²) in [6.45, 7) is 6.68. The van der Waals surface area contributed by atoms with Gasteiger partial charge in [-0.3, -0.25) is 9.59 Å². The number of sulfonamides is 1. The van der Waals surface area contributed by atoms with Crippen molar-refractivity contribution in [1.82, 2.24) is 20.2 Å². The van der Waals surface area contributed by atoms with Gasteiger partial charge >= 0.3 is 29.6 Å². The second kappa shape index (κ2) is 15.6. The SMILES string of the molecule is COc1ccc2c(O[C@@H]3C[C@H]4C(=O)N[C@]5(C(=O)[N-]S(=O)(=O)C6CC6)CC5/C=C\CCCCN(C)C(=O)[C@@H]4C3)cc(-c3nc(C(C)C)cs3)nc2c1C.[Na+]. The van der Waals surface area contributed by atoms with Gasteiger partial charge in [-0.15, -0.1) is 11.3 Å². The van der Waals surface area contributed by atoms with E-state index in [2.05, 4.69) is 23.9 Å². The van der Waals surface area contributed by atoms with Crippen LogP contribution in [0.3, 0.4) is 0 Å². The van der Waals surface area contributed by atoms with E-state index < -0.39 is 50.6 Å². The van der Waals surface area contributed by atoms with Gasteiger partial charge in [0.2, 0.25) is 11.8 Å². The first-order valence-electron chi connectivity index (χ1n) is 18.2. The minimum atomic E-state index is -3.95. The van der Waals surface area contributed by atoms with Crippen molar-refractivity contribution in [3.8, 4) is 22.2 Å². The molecule has 4 aliphatic rings. The number of aryl methyl sites for hydroxylation is 1. The van der Waals surface area contributed by atoms with Crippen molar-refractivity contribution in [2.24, 2.45) is 17.8 Å². The minimum Gasteiger partial charge on any atom is -0.544 e. The van der Waals surface area contributed by atoms with Crippen LogP contribution in [-0.4, -0.2) is 78.6 Å². The molecule has 3 amide bonds. The van der Waals surface area contributed by atoms with Gasteiger partial charge in [-0.05, 0) is 76.3 Å². The van der Waals surface area contributed by atoms with Gasteiger partial charge in [0, 0.05) is 47.2 Å². The van der Waals surface area contributed by atoms with Crippen LogP contribution in [0.4, 0.5) is 0 Å². The smallest absolute Gasteiger partial charge is 0.544 e. The van der Waals surface area contributed by atoms with E-state index in [0.29, 0.717) is 42.1 Å². The molecule has 2 aromatic heterocycles. The van der Waals surface area contributed by atoms with Crippen molar-refractivity contribution < 1.29 is 61.8 Å². The molecule has 0 saturated heterocycles. The summed E-state index contributed by atoms with van der Waals surface area (Å²) in [6, 6.07) is 5.65. The zero-order valence-electron chi connectivity index (χ0n) is 31.3. The van der Waals surface area contributed by atoms with E-state index >= 15 is 0 Å². The van der Waals surface area contributed by atoms with Crippen LogP contribution in [0.25, 0.3) is 26.3 Å². The number of hydrogen-bond donors (Lipinski definition) is 1. The number of hydrogen-bond acceptors (Lipinski definition) is 10. The summed E-state index contributed by atoms with van der Waals surface area (Å²) in [7, 11) is -0.577. The molecule has 7 rings (SSSR count). The van der Waals surface area contributed by atoms with Crippen LogP contribution in [0.2, 0.25) is 0 Å². The predicted octanol–water partition coefficient (Wildman–Crippen LogP) is 3.04. The van der Waals surface area contributed by atoms with E-state index in [0.717, 1.165) is 40.9 Å². The average Bonchev–Trinajstić information content (AvgIpc) is 3.98. The minimum absolute atomic E-state index is 0. The molecule has 15 heteroatoms. The Balaban J connectivity index is 0.00000481. The number of fused-ring (bicyclic) bond motifs is 3. The van der Waals surface area contributed by atoms with Gasteiger partial charge in [0.15, 0.2) is 0 Å². The second-order valence-corrected chi connectivity index (χ2v) is 17.8. The Labute approximate surface area is 337 Å². The number of rotatable bonds is 8. The number of amides is 3. The first-order chi connectivity index (χ1) is 24.8. The van der Waals surface area contributed by atoms with Gasteiger partial charge in [-0.2, -0.15) is 0 Å². The summed E-state index contributed by atoms with van der Waals surface area (Å²) in [6.07, 6.45) is 7.44. The van der Waals surface area contributed by atoms with Gasteiger partial charge in [-0.1, -0.05) is 26.0 Å². The van der Waals surface area contributed by atoms with Crippen molar-refractivity contribution in [2.75, 3.05) is 20.7 Å². The molecule has 3 fully saturated rings. The Morgan fingerprint density at radius 1 is 1.11 bits per heavy atom. The molecular weight excluding hydrogens is 726 g/mol. The number of pyridine rings is 1. The third-order valence-electron chi connectivity index (χ3n) is 10.9. The number of methoxy groups -OCH3 is 1. The summed E-state index contributed by atoms with van der Waals surface area (Å²) in [5, 5.41) is 5.85. The Kier molecular flexibility index (Phi) is 11.7. The van der Waals surface area contributed by atoms with Crippen molar-refractivity contribution in [3.05, 3.63) is 51.7 Å². The fourth-order valence-corrected chi connectivity index (χ4v) is 9.70. The Morgan fingerprint density at radius 3 is 2.57 bits per heavy atom. The zero-order chi connectivity index (χ0) is 36.9. The molecule has 5 atom stereocenters. The van der Waals surface area contributed by atoms with E-state index in [4.69, 9.17) is 19.4 Å². The van der Waals surface area contributed by atoms with Crippen LogP contribution in [-0.2, 0) is 24.4 Å². The molecule has 1 N–H and O–H groups in total. The van der Waals surface area contributed by atoms with Crippen molar-refractivity contribution >= 4 is 50.0 Å². The molecule has 0 bridgehead atoms. The van der Waals surface area contributed by atoms with Crippen LogP contribution < -0.4 is 44.3 Å². The molecule has 0 radical (unpaired) electrons. The maximum absolute atomic E-state index is 14.3. The van der Waals surface area contributed by atoms with Crippen molar-refractivity contribution in [3.63, 3.8) is 0 Å². The number of benzene rings is 1. The van der Waals surface area contributed by atoms with E-state index in [1.807, 2.05) is 42.7 Å². The summed E-state index contributed by atoms with van der Waals surface area (Å²) >= 11 is 1.51. The van der Waals surface area contributed by atoms with Gasteiger partial charge in [0.25, 0.3) is 0 Å². The number of allylic oxidation sites excluding steroid dienone is 1. The molecule has 1 unspecified atom stereocenters. The fraction of sp³-hybridized carbons (Fsp3) is 0.553. The first-order valence-corrected chi connectivity index (χ1v) is 20.5. The molecule has 0 spiro atoms. The van der Waals surface area contributed by atoms with Crippen LogP contribution in [0, 0.1) is 24.7 Å². The standard InChI is InChI=1S/C38H47N5O7S2.Na/c1-21(2)30-20-51-35(40-30)29-18-32(26-13-14-31(49-5)22(3)33(26)39-29)50-24-16-27-28(17-24)36(45)43(4)15-9-7-6-8-10-23-19-38(23,41-34(27)44)37(46)42-52(47,48)25-11-12-25;/h8,10,13-14,18,20-21,23-25,27-28H,6-7,9,11-12,15-17,19H2,1-5H3,(H2,41,42,44,46);/q;+1/p-1/b10-8-;/t23?,24-,27-,28-,38-;/m1./s1. The molecule has 3 aromatic rings. The normalized spacial score (nSPS) is 26.9. The van der Waals surface area contributed by atoms with Gasteiger partial charge in [0.05, 0.1) is 51.6 Å². The third kappa shape index (κ3) is 8.03. The van der Waals surface area contributed by atoms with Crippen molar-refractivity contribution in [1.29, 1.82) is 0 Å². The molecule has 1 aliphatic heterocycles. The Morgan fingerprint density at radius 2 is 1.87 bits per heavy atom. The number of aromatic nitrogens is 2. The molecule has 53 heavy (non-hydrogen) atoms.